The molecule has 1 N–H and O–H groups in total. The van der Waals surface area contributed by atoms with Crippen LogP contribution in [0.1, 0.15) is 32.6 Å². The van der Waals surface area contributed by atoms with Gasteiger partial charge in [0.25, 0.3) is 0 Å². The van der Waals surface area contributed by atoms with Gasteiger partial charge in [-0.05, 0) is 19.3 Å². The van der Waals surface area contributed by atoms with Crippen LogP contribution in [-0.4, -0.2) is 23.3 Å². The molecule has 0 radical (unpaired) electrons. The van der Waals surface area contributed by atoms with Crippen LogP contribution in [0.25, 0.3) is 0 Å². The van der Waals surface area contributed by atoms with Crippen molar-refractivity contribution < 1.29 is 14.6 Å². The van der Waals surface area contributed by atoms with E-state index in [0.29, 0.717) is 12.0 Å². The Morgan fingerprint density at radius 2 is 2.40 bits per heavy atom. The molecular formula is C12H16O3. The van der Waals surface area contributed by atoms with Gasteiger partial charge in [-0.2, -0.15) is 0 Å². The Morgan fingerprint density at radius 1 is 1.60 bits per heavy atom. The molecule has 0 saturated heterocycles. The minimum absolute atomic E-state index is 0.188. The van der Waals surface area contributed by atoms with Crippen LogP contribution in [0.2, 0.25) is 0 Å². The molecule has 1 unspecified atom stereocenters. The second-order valence-electron chi connectivity index (χ2n) is 4.06. The third-order valence-electron chi connectivity index (χ3n) is 2.95. The topological polar surface area (TPSA) is 46.5 Å². The van der Waals surface area contributed by atoms with E-state index >= 15 is 0 Å². The second-order valence-corrected chi connectivity index (χ2v) is 4.06. The quantitative estimate of drug-likeness (QED) is 0.718. The maximum absolute atomic E-state index is 11.5. The first-order chi connectivity index (χ1) is 7.24. The van der Waals surface area contributed by atoms with Crippen molar-refractivity contribution in [2.45, 2.75) is 44.8 Å². The average Bonchev–Trinajstić information content (AvgIpc) is 2.55. The maximum atomic E-state index is 11.5. The van der Waals surface area contributed by atoms with Gasteiger partial charge in [0.05, 0.1) is 11.7 Å². The van der Waals surface area contributed by atoms with Gasteiger partial charge >= 0.3 is 5.97 Å². The van der Waals surface area contributed by atoms with E-state index in [1.165, 1.54) is 0 Å². The zero-order chi connectivity index (χ0) is 10.8. The van der Waals surface area contributed by atoms with Gasteiger partial charge in [-0.3, -0.25) is 0 Å². The molecule has 2 atom stereocenters. The molecule has 82 valence electrons. The summed E-state index contributed by atoms with van der Waals surface area (Å²) in [5.74, 6) is -0.277. The molecule has 1 aliphatic carbocycles. The van der Waals surface area contributed by atoms with Crippen LogP contribution in [-0.2, 0) is 9.53 Å². The largest absolute Gasteiger partial charge is 0.454 e. The van der Waals surface area contributed by atoms with Crippen molar-refractivity contribution in [2.75, 3.05) is 0 Å². The van der Waals surface area contributed by atoms with E-state index < -0.39 is 6.10 Å². The summed E-state index contributed by atoms with van der Waals surface area (Å²) in [6.45, 7) is 2.10. The van der Waals surface area contributed by atoms with Crippen LogP contribution in [0.4, 0.5) is 0 Å². The summed E-state index contributed by atoms with van der Waals surface area (Å²) in [6, 6.07) is 0. The predicted molar refractivity (Wildman–Crippen MR) is 56.2 cm³/mol. The molecule has 0 aromatic heterocycles. The first-order valence-corrected chi connectivity index (χ1v) is 5.53. The van der Waals surface area contributed by atoms with Gasteiger partial charge in [-0.15, -0.1) is 0 Å². The van der Waals surface area contributed by atoms with Crippen LogP contribution in [0.15, 0.2) is 23.3 Å². The molecule has 0 saturated carbocycles. The third-order valence-corrected chi connectivity index (χ3v) is 2.95. The fourth-order valence-electron chi connectivity index (χ4n) is 2.15. The Bertz CT molecular complexity index is 328. The minimum Gasteiger partial charge on any atom is -0.454 e. The summed E-state index contributed by atoms with van der Waals surface area (Å²) in [5.41, 5.74) is 1.38. The lowest BCUT2D eigenvalue weighted by Gasteiger charge is -2.19. The smallest absolute Gasteiger partial charge is 0.338 e. The van der Waals surface area contributed by atoms with Crippen LogP contribution >= 0.6 is 0 Å². The molecule has 0 spiro atoms. The number of hydrogen-bond donors (Lipinski definition) is 1. The number of esters is 1. The summed E-state index contributed by atoms with van der Waals surface area (Å²) >= 11 is 0. The molecule has 3 nitrogen and oxygen atoms in total. The van der Waals surface area contributed by atoms with Crippen molar-refractivity contribution in [3.8, 4) is 0 Å². The fraction of sp³-hybridized carbons (Fsp3) is 0.583. The number of carbonyl (C=O) groups is 1. The van der Waals surface area contributed by atoms with Gasteiger partial charge in [0, 0.05) is 5.57 Å². The van der Waals surface area contributed by atoms with Crippen LogP contribution in [0.5, 0.6) is 0 Å². The zero-order valence-electron chi connectivity index (χ0n) is 8.90. The van der Waals surface area contributed by atoms with Gasteiger partial charge in [-0.1, -0.05) is 25.5 Å². The van der Waals surface area contributed by atoms with Crippen molar-refractivity contribution in [1.82, 2.24) is 0 Å². The van der Waals surface area contributed by atoms with Gasteiger partial charge < -0.3 is 9.84 Å². The Kier molecular flexibility index (Phi) is 2.91. The lowest BCUT2D eigenvalue weighted by molar-refractivity contribution is -0.139. The summed E-state index contributed by atoms with van der Waals surface area (Å²) in [7, 11) is 0. The summed E-state index contributed by atoms with van der Waals surface area (Å²) < 4.78 is 5.26. The molecule has 0 aromatic carbocycles. The molecule has 3 heteroatoms. The standard InChI is InChI=1S/C12H16O3/c1-2-3-7-10-11-8(12(14)15-10)5-4-6-9(11)13/h4-5,9-10,13H,2-3,6-7H2,1H3/t9?,10-/m0/s1. The number of hydrogen-bond acceptors (Lipinski definition) is 3. The fourth-order valence-corrected chi connectivity index (χ4v) is 2.15. The van der Waals surface area contributed by atoms with Gasteiger partial charge in [-0.25, -0.2) is 4.79 Å². The highest BCUT2D eigenvalue weighted by molar-refractivity contribution is 5.95. The number of aliphatic hydroxyl groups is 1. The monoisotopic (exact) mass is 208 g/mol. The number of unbranched alkanes of at least 4 members (excludes halogenated alkanes) is 1. The predicted octanol–water partition coefficient (Wildman–Crippen LogP) is 1.72. The molecule has 15 heavy (non-hydrogen) atoms. The van der Waals surface area contributed by atoms with Crippen molar-refractivity contribution in [2.24, 2.45) is 0 Å². The summed E-state index contributed by atoms with van der Waals surface area (Å²) in [4.78, 5) is 11.5. The molecule has 0 fully saturated rings. The Hall–Kier alpha value is -1.09. The molecule has 0 bridgehead atoms. The lowest BCUT2D eigenvalue weighted by Crippen LogP contribution is -2.21. The van der Waals surface area contributed by atoms with E-state index in [0.717, 1.165) is 24.8 Å². The first kappa shape index (κ1) is 10.4. The van der Waals surface area contributed by atoms with E-state index in [2.05, 4.69) is 6.92 Å². The zero-order valence-corrected chi connectivity index (χ0v) is 8.90. The number of cyclic esters (lactones) is 1. The lowest BCUT2D eigenvalue weighted by atomic mass is 9.91. The maximum Gasteiger partial charge on any atom is 0.338 e. The summed E-state index contributed by atoms with van der Waals surface area (Å²) in [5, 5.41) is 9.83. The molecule has 2 aliphatic rings. The highest BCUT2D eigenvalue weighted by Crippen LogP contribution is 2.33. The second kappa shape index (κ2) is 4.19. The van der Waals surface area contributed by atoms with Crippen molar-refractivity contribution >= 4 is 5.97 Å². The van der Waals surface area contributed by atoms with Crippen LogP contribution in [0.3, 0.4) is 0 Å². The van der Waals surface area contributed by atoms with Crippen LogP contribution in [0, 0.1) is 0 Å². The molecule has 0 aromatic rings. The van der Waals surface area contributed by atoms with Gasteiger partial charge in [0.2, 0.25) is 0 Å². The highest BCUT2D eigenvalue weighted by Gasteiger charge is 2.37. The highest BCUT2D eigenvalue weighted by atomic mass is 16.5. The third kappa shape index (κ3) is 1.84. The average molecular weight is 208 g/mol. The number of carbonyl (C=O) groups excluding carboxylic acids is 1. The molecular weight excluding hydrogens is 192 g/mol. The number of aliphatic hydroxyl groups excluding tert-OH is 1. The van der Waals surface area contributed by atoms with E-state index in [-0.39, 0.29) is 12.1 Å². The molecule has 0 amide bonds. The van der Waals surface area contributed by atoms with Crippen LogP contribution < -0.4 is 0 Å². The van der Waals surface area contributed by atoms with Crippen molar-refractivity contribution in [1.29, 1.82) is 0 Å². The van der Waals surface area contributed by atoms with Gasteiger partial charge in [0.15, 0.2) is 0 Å². The van der Waals surface area contributed by atoms with Gasteiger partial charge in [0.1, 0.15) is 6.10 Å². The normalized spacial score (nSPS) is 29.3. The van der Waals surface area contributed by atoms with E-state index in [4.69, 9.17) is 4.74 Å². The van der Waals surface area contributed by atoms with Crippen molar-refractivity contribution in [3.63, 3.8) is 0 Å². The first-order valence-electron chi connectivity index (χ1n) is 5.53. The molecule has 2 rings (SSSR count). The Balaban J connectivity index is 2.19. The minimum atomic E-state index is -0.529. The SMILES string of the molecule is CCCC[C@@H]1OC(=O)C2=C1C(O)CC=C2. The Morgan fingerprint density at radius 3 is 3.13 bits per heavy atom. The van der Waals surface area contributed by atoms with Crippen molar-refractivity contribution in [3.05, 3.63) is 23.3 Å². The number of rotatable bonds is 3. The Labute approximate surface area is 89.4 Å². The number of ether oxygens (including phenoxy) is 1. The summed E-state index contributed by atoms with van der Waals surface area (Å²) in [6.07, 6.45) is 6.40. The van der Waals surface area contributed by atoms with E-state index in [9.17, 15) is 9.90 Å². The molecule has 1 heterocycles. The van der Waals surface area contributed by atoms with E-state index in [1.54, 1.807) is 6.08 Å². The molecule has 1 aliphatic heterocycles. The van der Waals surface area contributed by atoms with E-state index in [1.807, 2.05) is 6.08 Å².